The van der Waals surface area contributed by atoms with E-state index < -0.39 is 6.10 Å². The van der Waals surface area contributed by atoms with Gasteiger partial charge in [0.1, 0.15) is 13.2 Å². The van der Waals surface area contributed by atoms with Gasteiger partial charge in [0.2, 0.25) is 0 Å². The molecule has 0 bridgehead atoms. The Bertz CT molecular complexity index is 1100. The van der Waals surface area contributed by atoms with E-state index in [1.54, 1.807) is 0 Å². The molecule has 0 rings (SSSR count). The van der Waals surface area contributed by atoms with Gasteiger partial charge in [0, 0.05) is 19.3 Å². The zero-order chi connectivity index (χ0) is 43.7. The third-order valence-electron chi connectivity index (χ3n) is 10.8. The van der Waals surface area contributed by atoms with Gasteiger partial charge in [-0.1, -0.05) is 204 Å². The van der Waals surface area contributed by atoms with Gasteiger partial charge in [0.25, 0.3) is 0 Å². The molecule has 6 nitrogen and oxygen atoms in total. The van der Waals surface area contributed by atoms with Crippen LogP contribution in [0.15, 0.2) is 60.8 Å². The number of unbranched alkanes of at least 4 members (excludes halogenated alkanes) is 24. The highest BCUT2D eigenvalue weighted by Gasteiger charge is 2.19. The summed E-state index contributed by atoms with van der Waals surface area (Å²) in [6.45, 7) is 6.48. The second-order valence-electron chi connectivity index (χ2n) is 16.7. The van der Waals surface area contributed by atoms with Crippen LogP contribution in [0.2, 0.25) is 0 Å². The lowest BCUT2D eigenvalue weighted by atomic mass is 10.1. The quantitative estimate of drug-likeness (QED) is 0.0263. The minimum atomic E-state index is -0.786. The van der Waals surface area contributed by atoms with Crippen molar-refractivity contribution in [3.05, 3.63) is 60.8 Å². The summed E-state index contributed by atoms with van der Waals surface area (Å²) in [4.78, 5) is 37.9. The molecule has 0 amide bonds. The summed E-state index contributed by atoms with van der Waals surface area (Å²) in [5.74, 6) is -0.919. The van der Waals surface area contributed by atoms with Gasteiger partial charge in [-0.05, 0) is 83.5 Å². The maximum absolute atomic E-state index is 12.8. The first-order chi connectivity index (χ1) is 29.5. The molecule has 1 unspecified atom stereocenters. The summed E-state index contributed by atoms with van der Waals surface area (Å²) in [6, 6.07) is 0. The Hall–Kier alpha value is -2.89. The molecule has 0 aliphatic rings. The summed E-state index contributed by atoms with van der Waals surface area (Å²) in [7, 11) is 0. The predicted molar refractivity (Wildman–Crippen MR) is 256 cm³/mol. The molecule has 0 heterocycles. The maximum Gasteiger partial charge on any atom is 0.306 e. The Kier molecular flexibility index (Phi) is 46.4. The highest BCUT2D eigenvalue weighted by Crippen LogP contribution is 2.14. The number of ether oxygens (including phenoxy) is 3. The van der Waals surface area contributed by atoms with Gasteiger partial charge >= 0.3 is 17.9 Å². The number of hydrogen-bond acceptors (Lipinski definition) is 6. The molecule has 0 spiro atoms. The van der Waals surface area contributed by atoms with E-state index in [2.05, 4.69) is 81.5 Å². The fourth-order valence-corrected chi connectivity index (χ4v) is 6.96. The lowest BCUT2D eigenvalue weighted by Gasteiger charge is -2.18. The van der Waals surface area contributed by atoms with Gasteiger partial charge in [0.15, 0.2) is 6.10 Å². The third kappa shape index (κ3) is 46.2. The van der Waals surface area contributed by atoms with Gasteiger partial charge in [-0.2, -0.15) is 0 Å². The minimum Gasteiger partial charge on any atom is -0.462 e. The van der Waals surface area contributed by atoms with Crippen molar-refractivity contribution in [1.82, 2.24) is 0 Å². The van der Waals surface area contributed by atoms with E-state index in [1.165, 1.54) is 116 Å². The highest BCUT2D eigenvalue weighted by atomic mass is 16.6. The van der Waals surface area contributed by atoms with E-state index in [4.69, 9.17) is 14.2 Å². The van der Waals surface area contributed by atoms with E-state index in [1.807, 2.05) is 0 Å². The Balaban J connectivity index is 4.42. The van der Waals surface area contributed by atoms with Gasteiger partial charge in [-0.15, -0.1) is 0 Å². The molecule has 0 aromatic rings. The largest absolute Gasteiger partial charge is 0.462 e. The summed E-state index contributed by atoms with van der Waals surface area (Å²) < 4.78 is 16.7. The third-order valence-corrected chi connectivity index (χ3v) is 10.8. The first kappa shape index (κ1) is 57.1. The maximum atomic E-state index is 12.8. The summed E-state index contributed by atoms with van der Waals surface area (Å²) in [6.07, 6.45) is 59.1. The molecule has 6 heteroatoms. The van der Waals surface area contributed by atoms with Crippen LogP contribution >= 0.6 is 0 Å². The molecule has 0 aliphatic carbocycles. The minimum absolute atomic E-state index is 0.0845. The molecule has 0 aromatic heterocycles. The van der Waals surface area contributed by atoms with Crippen LogP contribution in [0, 0.1) is 0 Å². The molecule has 1 atom stereocenters. The van der Waals surface area contributed by atoms with Crippen LogP contribution in [-0.2, 0) is 28.6 Å². The number of rotatable bonds is 45. The van der Waals surface area contributed by atoms with Gasteiger partial charge < -0.3 is 14.2 Å². The number of esters is 3. The van der Waals surface area contributed by atoms with Gasteiger partial charge in [0.05, 0.1) is 0 Å². The molecule has 0 fully saturated rings. The zero-order valence-corrected chi connectivity index (χ0v) is 39.5. The number of carbonyl (C=O) groups excluding carboxylic acids is 3. The normalized spacial score (nSPS) is 12.5. The lowest BCUT2D eigenvalue weighted by molar-refractivity contribution is -0.167. The van der Waals surface area contributed by atoms with Crippen molar-refractivity contribution in [2.75, 3.05) is 13.2 Å². The predicted octanol–water partition coefficient (Wildman–Crippen LogP) is 16.5. The average molecular weight is 839 g/mol. The van der Waals surface area contributed by atoms with Crippen LogP contribution < -0.4 is 0 Å². The van der Waals surface area contributed by atoms with Crippen LogP contribution in [-0.4, -0.2) is 37.2 Å². The Labute approximate surface area is 370 Å². The SMILES string of the molecule is CC/C=C\C/C=C\C/C=C\C/C=C\CCCCCC(=O)OCC(COC(=O)CCCCCCCCCCCCC)OC(=O)CCCCCCCCC/C=C\CCCCCC. The Morgan fingerprint density at radius 1 is 0.350 bits per heavy atom. The van der Waals surface area contributed by atoms with Crippen molar-refractivity contribution in [1.29, 1.82) is 0 Å². The molecular formula is C54H94O6. The fraction of sp³-hybridized carbons (Fsp3) is 0.759. The van der Waals surface area contributed by atoms with Crippen LogP contribution in [0.25, 0.3) is 0 Å². The number of hydrogen-bond donors (Lipinski definition) is 0. The zero-order valence-electron chi connectivity index (χ0n) is 39.5. The summed E-state index contributed by atoms with van der Waals surface area (Å²) >= 11 is 0. The Morgan fingerprint density at radius 3 is 1.07 bits per heavy atom. The van der Waals surface area contributed by atoms with Crippen LogP contribution in [0.5, 0.6) is 0 Å². The first-order valence-corrected chi connectivity index (χ1v) is 25.3. The van der Waals surface area contributed by atoms with Crippen molar-refractivity contribution in [2.45, 2.75) is 252 Å². The van der Waals surface area contributed by atoms with Gasteiger partial charge in [-0.25, -0.2) is 0 Å². The first-order valence-electron chi connectivity index (χ1n) is 25.3. The van der Waals surface area contributed by atoms with Crippen molar-refractivity contribution < 1.29 is 28.6 Å². The van der Waals surface area contributed by atoms with Crippen LogP contribution in [0.1, 0.15) is 245 Å². The van der Waals surface area contributed by atoms with Gasteiger partial charge in [-0.3, -0.25) is 14.4 Å². The highest BCUT2D eigenvalue weighted by molar-refractivity contribution is 5.71. The molecule has 60 heavy (non-hydrogen) atoms. The standard InChI is InChI=1S/C54H94O6/c1-4-7-10-13-16-19-22-24-26-28-29-32-35-38-41-44-47-53(56)59-50-51(49-58-52(55)46-43-40-37-34-31-21-18-15-12-9-6-3)60-54(57)48-45-42-39-36-33-30-27-25-23-20-17-14-11-8-5-2/h7,10,16,19-20,23-24,26,29,32,51H,4-6,8-9,11-15,17-18,21-22,25,27-28,30-31,33-50H2,1-3H3/b10-7-,19-16-,23-20-,26-24-,32-29-. The van der Waals surface area contributed by atoms with Crippen molar-refractivity contribution >= 4 is 17.9 Å². The van der Waals surface area contributed by atoms with Crippen molar-refractivity contribution in [2.24, 2.45) is 0 Å². The fourth-order valence-electron chi connectivity index (χ4n) is 6.96. The van der Waals surface area contributed by atoms with E-state index in [0.29, 0.717) is 19.3 Å². The Morgan fingerprint density at radius 2 is 0.650 bits per heavy atom. The average Bonchev–Trinajstić information content (AvgIpc) is 3.24. The van der Waals surface area contributed by atoms with Crippen LogP contribution in [0.3, 0.4) is 0 Å². The second-order valence-corrected chi connectivity index (χ2v) is 16.7. The molecule has 0 N–H and O–H groups in total. The second kappa shape index (κ2) is 48.8. The van der Waals surface area contributed by atoms with Crippen molar-refractivity contribution in [3.63, 3.8) is 0 Å². The molecule has 0 saturated heterocycles. The lowest BCUT2D eigenvalue weighted by Crippen LogP contribution is -2.30. The topological polar surface area (TPSA) is 78.9 Å². The molecule has 0 aromatic carbocycles. The summed E-state index contributed by atoms with van der Waals surface area (Å²) in [5.41, 5.74) is 0. The van der Waals surface area contributed by atoms with E-state index >= 15 is 0 Å². The van der Waals surface area contributed by atoms with E-state index in [-0.39, 0.29) is 31.1 Å². The monoisotopic (exact) mass is 839 g/mol. The molecule has 0 radical (unpaired) electrons. The summed E-state index contributed by atoms with van der Waals surface area (Å²) in [5, 5.41) is 0. The van der Waals surface area contributed by atoms with Crippen molar-refractivity contribution in [3.8, 4) is 0 Å². The van der Waals surface area contributed by atoms with E-state index in [0.717, 1.165) is 89.9 Å². The molecule has 0 saturated carbocycles. The molecule has 0 aliphatic heterocycles. The van der Waals surface area contributed by atoms with Crippen LogP contribution in [0.4, 0.5) is 0 Å². The molecular weight excluding hydrogens is 745 g/mol. The smallest absolute Gasteiger partial charge is 0.306 e. The number of carbonyl (C=O) groups is 3. The van der Waals surface area contributed by atoms with E-state index in [9.17, 15) is 14.4 Å². The number of allylic oxidation sites excluding steroid dienone is 10. The molecule has 346 valence electrons.